The Balaban J connectivity index is 2.49. The lowest BCUT2D eigenvalue weighted by Gasteiger charge is -2.11. The van der Waals surface area contributed by atoms with Crippen molar-refractivity contribution in [1.82, 2.24) is 10.2 Å². The molecule has 100 valence electrons. The highest BCUT2D eigenvalue weighted by Crippen LogP contribution is 2.14. The number of anilines is 1. The van der Waals surface area contributed by atoms with E-state index in [0.29, 0.717) is 12.1 Å². The van der Waals surface area contributed by atoms with Crippen LogP contribution in [0.1, 0.15) is 22.3 Å². The van der Waals surface area contributed by atoms with Crippen molar-refractivity contribution in [1.29, 1.82) is 0 Å². The van der Waals surface area contributed by atoms with Crippen molar-refractivity contribution >= 4 is 11.6 Å². The summed E-state index contributed by atoms with van der Waals surface area (Å²) in [6, 6.07) is 5.41. The minimum Gasteiger partial charge on any atom is -0.352 e. The van der Waals surface area contributed by atoms with Gasteiger partial charge in [-0.3, -0.25) is 10.6 Å². The molecule has 4 N–H and O–H groups in total. The third-order valence-electron chi connectivity index (χ3n) is 2.71. The van der Waals surface area contributed by atoms with E-state index in [9.17, 15) is 4.79 Å². The van der Waals surface area contributed by atoms with Crippen LogP contribution in [0.3, 0.4) is 0 Å². The van der Waals surface area contributed by atoms with E-state index < -0.39 is 0 Å². The van der Waals surface area contributed by atoms with E-state index in [4.69, 9.17) is 5.84 Å². The Bertz CT molecular complexity index is 404. The van der Waals surface area contributed by atoms with Gasteiger partial charge in [0, 0.05) is 12.1 Å². The first-order chi connectivity index (χ1) is 8.54. The minimum absolute atomic E-state index is 0.0413. The molecule has 0 saturated heterocycles. The number of benzene rings is 1. The van der Waals surface area contributed by atoms with Crippen molar-refractivity contribution < 1.29 is 4.79 Å². The van der Waals surface area contributed by atoms with Gasteiger partial charge in [-0.25, -0.2) is 0 Å². The predicted molar refractivity (Wildman–Crippen MR) is 74.5 cm³/mol. The van der Waals surface area contributed by atoms with Gasteiger partial charge in [0.1, 0.15) is 0 Å². The summed E-state index contributed by atoms with van der Waals surface area (Å²) in [5, 5.41) is 2.90. The molecule has 0 aliphatic carbocycles. The largest absolute Gasteiger partial charge is 0.352 e. The van der Waals surface area contributed by atoms with Crippen LogP contribution in [-0.4, -0.2) is 38.0 Å². The summed E-state index contributed by atoms with van der Waals surface area (Å²) in [5.41, 5.74) is 5.04. The topological polar surface area (TPSA) is 70.4 Å². The molecule has 0 bridgehead atoms. The zero-order chi connectivity index (χ0) is 13.5. The van der Waals surface area contributed by atoms with Crippen LogP contribution >= 0.6 is 0 Å². The van der Waals surface area contributed by atoms with Gasteiger partial charge in [-0.1, -0.05) is 0 Å². The lowest BCUT2D eigenvalue weighted by molar-refractivity contribution is 0.0952. The third-order valence-corrected chi connectivity index (χ3v) is 2.71. The van der Waals surface area contributed by atoms with Crippen molar-refractivity contribution in [2.45, 2.75) is 13.3 Å². The molecule has 1 aromatic carbocycles. The first-order valence-corrected chi connectivity index (χ1v) is 6.05. The van der Waals surface area contributed by atoms with E-state index in [1.54, 1.807) is 6.07 Å². The van der Waals surface area contributed by atoms with Crippen LogP contribution < -0.4 is 16.6 Å². The van der Waals surface area contributed by atoms with Crippen molar-refractivity contribution in [3.8, 4) is 0 Å². The minimum atomic E-state index is -0.0413. The molecule has 1 rings (SSSR count). The van der Waals surface area contributed by atoms with Gasteiger partial charge in [0.25, 0.3) is 5.91 Å². The number of hydrogen-bond donors (Lipinski definition) is 3. The predicted octanol–water partition coefficient (Wildman–Crippen LogP) is 0.962. The van der Waals surface area contributed by atoms with Crippen LogP contribution in [0.25, 0.3) is 0 Å². The fourth-order valence-corrected chi connectivity index (χ4v) is 1.67. The zero-order valence-electron chi connectivity index (χ0n) is 11.3. The molecule has 5 nitrogen and oxygen atoms in total. The molecule has 0 radical (unpaired) electrons. The van der Waals surface area contributed by atoms with Gasteiger partial charge < -0.3 is 15.6 Å². The number of carbonyl (C=O) groups is 1. The average Bonchev–Trinajstić information content (AvgIpc) is 2.34. The van der Waals surface area contributed by atoms with Gasteiger partial charge >= 0.3 is 0 Å². The molecule has 0 heterocycles. The molecular weight excluding hydrogens is 228 g/mol. The van der Waals surface area contributed by atoms with Gasteiger partial charge in [-0.2, -0.15) is 0 Å². The molecule has 0 aromatic heterocycles. The molecule has 0 spiro atoms. The highest BCUT2D eigenvalue weighted by molar-refractivity contribution is 5.94. The van der Waals surface area contributed by atoms with Crippen LogP contribution in [0.15, 0.2) is 18.2 Å². The highest BCUT2D eigenvalue weighted by Gasteiger charge is 2.06. The highest BCUT2D eigenvalue weighted by atomic mass is 16.1. The Labute approximate surface area is 108 Å². The molecule has 0 fully saturated rings. The fraction of sp³-hybridized carbons (Fsp3) is 0.462. The van der Waals surface area contributed by atoms with E-state index in [1.165, 1.54) is 0 Å². The summed E-state index contributed by atoms with van der Waals surface area (Å²) < 4.78 is 0. The standard InChI is InChI=1S/C13H22N4O/c1-10-9-11(5-6-12(10)16-14)13(18)15-7-4-8-17(2)3/h5-6,9,16H,4,7-8,14H2,1-3H3,(H,15,18). The van der Waals surface area contributed by atoms with Gasteiger partial charge in [-0.15, -0.1) is 0 Å². The second-order valence-electron chi connectivity index (χ2n) is 4.59. The first kappa shape index (κ1) is 14.5. The number of nitrogens with zero attached hydrogens (tertiary/aromatic N) is 1. The number of nitrogens with two attached hydrogens (primary N) is 1. The lowest BCUT2D eigenvalue weighted by Crippen LogP contribution is -2.27. The smallest absolute Gasteiger partial charge is 0.251 e. The maximum Gasteiger partial charge on any atom is 0.251 e. The number of hydrazine groups is 1. The molecule has 0 unspecified atom stereocenters. The summed E-state index contributed by atoms with van der Waals surface area (Å²) in [5.74, 6) is 5.31. The quantitative estimate of drug-likeness (QED) is 0.399. The molecule has 0 aliphatic heterocycles. The van der Waals surface area contributed by atoms with Crippen LogP contribution in [0, 0.1) is 6.92 Å². The number of hydrogen-bond acceptors (Lipinski definition) is 4. The molecule has 18 heavy (non-hydrogen) atoms. The third kappa shape index (κ3) is 4.35. The number of amides is 1. The SMILES string of the molecule is Cc1cc(C(=O)NCCCN(C)C)ccc1NN. The number of nitrogen functional groups attached to an aromatic ring is 1. The lowest BCUT2D eigenvalue weighted by atomic mass is 10.1. The summed E-state index contributed by atoms with van der Waals surface area (Å²) in [7, 11) is 4.04. The first-order valence-electron chi connectivity index (χ1n) is 6.05. The van der Waals surface area contributed by atoms with Gasteiger partial charge in [0.15, 0.2) is 0 Å². The summed E-state index contributed by atoms with van der Waals surface area (Å²) >= 11 is 0. The van der Waals surface area contributed by atoms with Crippen LogP contribution in [0.2, 0.25) is 0 Å². The molecule has 0 saturated carbocycles. The van der Waals surface area contributed by atoms with E-state index in [2.05, 4.69) is 15.6 Å². The molecule has 0 aliphatic rings. The summed E-state index contributed by atoms with van der Waals surface area (Å²) in [4.78, 5) is 14.0. The Morgan fingerprint density at radius 2 is 2.11 bits per heavy atom. The number of rotatable bonds is 6. The summed E-state index contributed by atoms with van der Waals surface area (Å²) in [6.45, 7) is 3.57. The van der Waals surface area contributed by atoms with Crippen LogP contribution in [0.4, 0.5) is 5.69 Å². The Kier molecular flexibility index (Phi) is 5.61. The Morgan fingerprint density at radius 1 is 1.39 bits per heavy atom. The second-order valence-corrected chi connectivity index (χ2v) is 4.59. The molecular formula is C13H22N4O. The molecule has 5 heteroatoms. The number of carbonyl (C=O) groups excluding carboxylic acids is 1. The van der Waals surface area contributed by atoms with Gasteiger partial charge in [0.05, 0.1) is 5.69 Å². The van der Waals surface area contributed by atoms with Gasteiger partial charge in [0.2, 0.25) is 0 Å². The molecule has 0 atom stereocenters. The summed E-state index contributed by atoms with van der Waals surface area (Å²) in [6.07, 6.45) is 0.945. The molecule has 1 aromatic rings. The van der Waals surface area contributed by atoms with Crippen molar-refractivity contribution in [2.75, 3.05) is 32.6 Å². The second kappa shape index (κ2) is 6.98. The maximum atomic E-state index is 11.9. The van der Waals surface area contributed by atoms with Crippen molar-refractivity contribution in [2.24, 2.45) is 5.84 Å². The zero-order valence-corrected chi connectivity index (χ0v) is 11.3. The Morgan fingerprint density at radius 3 is 2.67 bits per heavy atom. The van der Waals surface area contributed by atoms with E-state index in [0.717, 1.165) is 24.2 Å². The average molecular weight is 250 g/mol. The number of aryl methyl sites for hydroxylation is 1. The van der Waals surface area contributed by atoms with E-state index in [1.807, 2.05) is 33.2 Å². The molecule has 1 amide bonds. The fourth-order valence-electron chi connectivity index (χ4n) is 1.67. The van der Waals surface area contributed by atoms with Crippen molar-refractivity contribution in [3.05, 3.63) is 29.3 Å². The van der Waals surface area contributed by atoms with E-state index in [-0.39, 0.29) is 5.91 Å². The Hall–Kier alpha value is -1.59. The van der Waals surface area contributed by atoms with Crippen LogP contribution in [-0.2, 0) is 0 Å². The maximum absolute atomic E-state index is 11.9. The normalized spacial score (nSPS) is 10.5. The van der Waals surface area contributed by atoms with Gasteiger partial charge in [-0.05, 0) is 57.7 Å². The van der Waals surface area contributed by atoms with Crippen molar-refractivity contribution in [3.63, 3.8) is 0 Å². The van der Waals surface area contributed by atoms with Crippen LogP contribution in [0.5, 0.6) is 0 Å². The number of nitrogens with one attached hydrogen (secondary N) is 2. The van der Waals surface area contributed by atoms with E-state index >= 15 is 0 Å². The monoisotopic (exact) mass is 250 g/mol.